The van der Waals surface area contributed by atoms with Crippen LogP contribution in [0.2, 0.25) is 0 Å². The Balaban J connectivity index is 2.57. The number of hydrogen-bond acceptors (Lipinski definition) is 3. The molecular weight excluding hydrogens is 156 g/mol. The van der Waals surface area contributed by atoms with Crippen LogP contribution >= 0.6 is 0 Å². The van der Waals surface area contributed by atoms with Gasteiger partial charge in [-0.1, -0.05) is 0 Å². The summed E-state index contributed by atoms with van der Waals surface area (Å²) < 4.78 is 1.72. The molecule has 1 aromatic rings. The maximum absolute atomic E-state index is 11.3. The number of nitrogens with zero attached hydrogens (tertiary/aromatic N) is 3. The van der Waals surface area contributed by atoms with Crippen molar-refractivity contribution < 1.29 is 4.79 Å². The van der Waals surface area contributed by atoms with Gasteiger partial charge in [-0.05, 0) is 0 Å². The molecule has 0 spiro atoms. The van der Waals surface area contributed by atoms with Gasteiger partial charge in [0.2, 0.25) is 0 Å². The maximum atomic E-state index is 11.3. The normalized spacial score (nSPS) is 15.8. The van der Waals surface area contributed by atoms with Crippen LogP contribution in [0.4, 0.5) is 5.82 Å². The van der Waals surface area contributed by atoms with Crippen LogP contribution in [0.15, 0.2) is 6.33 Å². The summed E-state index contributed by atoms with van der Waals surface area (Å²) in [5.74, 6) is 0.698. The minimum absolute atomic E-state index is 0.0527. The van der Waals surface area contributed by atoms with E-state index in [2.05, 4.69) is 10.3 Å². The molecule has 5 heteroatoms. The van der Waals surface area contributed by atoms with Crippen molar-refractivity contribution in [1.29, 1.82) is 0 Å². The molecule has 5 nitrogen and oxygen atoms in total. The van der Waals surface area contributed by atoms with Crippen molar-refractivity contribution in [3.63, 3.8) is 0 Å². The van der Waals surface area contributed by atoms with Crippen molar-refractivity contribution in [2.24, 2.45) is 7.05 Å². The lowest BCUT2D eigenvalue weighted by atomic mass is 10.3. The summed E-state index contributed by atoms with van der Waals surface area (Å²) >= 11 is 0. The summed E-state index contributed by atoms with van der Waals surface area (Å²) in [5.41, 5.74) is 0.628. The molecule has 0 aromatic carbocycles. The molecule has 1 aliphatic rings. The lowest BCUT2D eigenvalue weighted by Gasteiger charge is -2.23. The lowest BCUT2D eigenvalue weighted by Crippen LogP contribution is -2.41. The van der Waals surface area contributed by atoms with Gasteiger partial charge in [0.05, 0.1) is 13.0 Å². The molecule has 1 N–H and O–H groups in total. The van der Waals surface area contributed by atoms with Gasteiger partial charge in [0, 0.05) is 14.1 Å². The molecule has 0 unspecified atom stereocenters. The number of rotatable bonds is 0. The van der Waals surface area contributed by atoms with E-state index in [0.717, 1.165) is 5.82 Å². The predicted molar refractivity (Wildman–Crippen MR) is 43.9 cm³/mol. The molecule has 0 atom stereocenters. The first-order valence-corrected chi connectivity index (χ1v) is 3.71. The number of fused-ring (bicyclic) bond motifs is 1. The fraction of sp³-hybridized carbons (Fsp3) is 0.429. The van der Waals surface area contributed by atoms with Gasteiger partial charge in [0.25, 0.3) is 5.91 Å². The smallest absolute Gasteiger partial charge is 0.273 e. The molecule has 0 bridgehead atoms. The number of nitrogens with one attached hydrogen (secondary N) is 1. The molecule has 0 aliphatic carbocycles. The van der Waals surface area contributed by atoms with Crippen molar-refractivity contribution in [3.8, 4) is 0 Å². The molecule has 0 fully saturated rings. The SMILES string of the molecule is CN1CNC(=O)c2c1ncn2C. The number of hydrogen-bond donors (Lipinski definition) is 1. The summed E-state index contributed by atoms with van der Waals surface area (Å²) in [6, 6.07) is 0. The zero-order valence-electron chi connectivity index (χ0n) is 7.03. The number of imidazole rings is 1. The number of carbonyl (C=O) groups excluding carboxylic acids is 1. The van der Waals surface area contributed by atoms with Crippen molar-refractivity contribution in [1.82, 2.24) is 14.9 Å². The van der Waals surface area contributed by atoms with Crippen molar-refractivity contribution in [2.45, 2.75) is 0 Å². The van der Waals surface area contributed by atoms with E-state index >= 15 is 0 Å². The minimum Gasteiger partial charge on any atom is -0.340 e. The van der Waals surface area contributed by atoms with Crippen LogP contribution in [0.3, 0.4) is 0 Å². The van der Waals surface area contributed by atoms with Gasteiger partial charge >= 0.3 is 0 Å². The Bertz CT molecular complexity index is 330. The van der Waals surface area contributed by atoms with Crippen LogP contribution < -0.4 is 10.2 Å². The maximum Gasteiger partial charge on any atom is 0.273 e. The van der Waals surface area contributed by atoms with E-state index < -0.39 is 0 Å². The molecule has 0 radical (unpaired) electrons. The highest BCUT2D eigenvalue weighted by molar-refractivity contribution is 5.99. The average Bonchev–Trinajstić information content (AvgIpc) is 2.42. The fourth-order valence-corrected chi connectivity index (χ4v) is 1.31. The Morgan fingerprint density at radius 3 is 3.00 bits per heavy atom. The van der Waals surface area contributed by atoms with Gasteiger partial charge in [-0.3, -0.25) is 4.79 Å². The third-order valence-electron chi connectivity index (χ3n) is 1.97. The first kappa shape index (κ1) is 7.15. The Morgan fingerprint density at radius 1 is 1.58 bits per heavy atom. The first-order chi connectivity index (χ1) is 5.70. The second-order valence-corrected chi connectivity index (χ2v) is 2.89. The molecular formula is C7H10N4O. The van der Waals surface area contributed by atoms with E-state index in [4.69, 9.17) is 0 Å². The van der Waals surface area contributed by atoms with Gasteiger partial charge in [-0.15, -0.1) is 0 Å². The van der Waals surface area contributed by atoms with E-state index in [1.165, 1.54) is 0 Å². The molecule has 2 rings (SSSR count). The average molecular weight is 166 g/mol. The fourth-order valence-electron chi connectivity index (χ4n) is 1.31. The lowest BCUT2D eigenvalue weighted by molar-refractivity contribution is 0.0940. The van der Waals surface area contributed by atoms with Crippen LogP contribution in [0.1, 0.15) is 10.5 Å². The summed E-state index contributed by atoms with van der Waals surface area (Å²) in [7, 11) is 3.70. The molecule has 1 aromatic heterocycles. The molecule has 1 aliphatic heterocycles. The third-order valence-corrected chi connectivity index (χ3v) is 1.97. The zero-order valence-corrected chi connectivity index (χ0v) is 7.03. The number of anilines is 1. The predicted octanol–water partition coefficient (Wildman–Crippen LogP) is -0.443. The van der Waals surface area contributed by atoms with Crippen molar-refractivity contribution in [3.05, 3.63) is 12.0 Å². The number of aromatic nitrogens is 2. The van der Waals surface area contributed by atoms with E-state index in [1.807, 2.05) is 19.0 Å². The number of carbonyl (C=O) groups is 1. The molecule has 1 amide bonds. The summed E-state index contributed by atoms with van der Waals surface area (Å²) in [4.78, 5) is 17.3. The van der Waals surface area contributed by atoms with Gasteiger partial charge in [0.1, 0.15) is 0 Å². The monoisotopic (exact) mass is 166 g/mol. The second kappa shape index (κ2) is 2.23. The number of amides is 1. The molecule has 0 saturated carbocycles. The van der Waals surface area contributed by atoms with Crippen LogP contribution in [0, 0.1) is 0 Å². The summed E-state index contributed by atoms with van der Waals surface area (Å²) in [6.45, 7) is 0.531. The largest absolute Gasteiger partial charge is 0.340 e. The quantitative estimate of drug-likeness (QED) is 0.568. The Labute approximate surface area is 70.0 Å². The standard InChI is InChI=1S/C7H10N4O/c1-10-3-8-6-5(10)7(12)9-4-11(6)2/h3H,4H2,1-2H3,(H,9,12). The zero-order chi connectivity index (χ0) is 8.72. The van der Waals surface area contributed by atoms with Gasteiger partial charge < -0.3 is 14.8 Å². The van der Waals surface area contributed by atoms with Crippen molar-refractivity contribution in [2.75, 3.05) is 18.6 Å². The molecule has 0 saturated heterocycles. The van der Waals surface area contributed by atoms with Crippen LogP contribution in [-0.4, -0.2) is 29.2 Å². The van der Waals surface area contributed by atoms with Gasteiger partial charge in [-0.25, -0.2) is 4.98 Å². The van der Waals surface area contributed by atoms with Crippen molar-refractivity contribution >= 4 is 11.7 Å². The highest BCUT2D eigenvalue weighted by atomic mass is 16.2. The molecule has 12 heavy (non-hydrogen) atoms. The van der Waals surface area contributed by atoms with Crippen LogP contribution in [0.5, 0.6) is 0 Å². The highest BCUT2D eigenvalue weighted by Crippen LogP contribution is 2.18. The van der Waals surface area contributed by atoms with E-state index in [9.17, 15) is 4.79 Å². The Hall–Kier alpha value is -1.52. The topological polar surface area (TPSA) is 50.2 Å². The van der Waals surface area contributed by atoms with Gasteiger partial charge in [-0.2, -0.15) is 0 Å². The van der Waals surface area contributed by atoms with Crippen LogP contribution in [0.25, 0.3) is 0 Å². The summed E-state index contributed by atoms with van der Waals surface area (Å²) in [6.07, 6.45) is 1.64. The number of aryl methyl sites for hydroxylation is 1. The van der Waals surface area contributed by atoms with Crippen LogP contribution in [-0.2, 0) is 7.05 Å². The Morgan fingerprint density at radius 2 is 2.33 bits per heavy atom. The first-order valence-electron chi connectivity index (χ1n) is 3.71. The summed E-state index contributed by atoms with van der Waals surface area (Å²) in [5, 5.41) is 2.74. The Kier molecular flexibility index (Phi) is 1.33. The minimum atomic E-state index is -0.0527. The van der Waals surface area contributed by atoms with E-state index in [0.29, 0.717) is 12.4 Å². The van der Waals surface area contributed by atoms with E-state index in [1.54, 1.807) is 10.9 Å². The third kappa shape index (κ3) is 0.792. The highest BCUT2D eigenvalue weighted by Gasteiger charge is 2.24. The van der Waals surface area contributed by atoms with Gasteiger partial charge in [0.15, 0.2) is 11.5 Å². The van der Waals surface area contributed by atoms with E-state index in [-0.39, 0.29) is 5.91 Å². The second-order valence-electron chi connectivity index (χ2n) is 2.89. The molecule has 2 heterocycles. The molecule has 64 valence electrons.